The van der Waals surface area contributed by atoms with E-state index in [4.69, 9.17) is 15.2 Å². The van der Waals surface area contributed by atoms with Gasteiger partial charge in [0.25, 0.3) is 11.8 Å². The second kappa shape index (κ2) is 8.12. The van der Waals surface area contributed by atoms with Gasteiger partial charge in [-0.2, -0.15) is 0 Å². The maximum absolute atomic E-state index is 12.2. The van der Waals surface area contributed by atoms with Crippen LogP contribution in [0.25, 0.3) is 0 Å². The second-order valence-corrected chi connectivity index (χ2v) is 5.20. The van der Waals surface area contributed by atoms with Gasteiger partial charge in [0.15, 0.2) is 0 Å². The molecular weight excluding hydrogens is 308 g/mol. The predicted molar refractivity (Wildman–Crippen MR) is 90.8 cm³/mol. The summed E-state index contributed by atoms with van der Waals surface area (Å²) >= 11 is 0. The first-order valence-corrected chi connectivity index (χ1v) is 7.45. The van der Waals surface area contributed by atoms with Gasteiger partial charge in [-0.25, -0.2) is 0 Å². The van der Waals surface area contributed by atoms with Gasteiger partial charge in [0.1, 0.15) is 11.9 Å². The Morgan fingerprint density at radius 2 is 1.92 bits per heavy atom. The third-order valence-corrected chi connectivity index (χ3v) is 3.45. The fourth-order valence-electron chi connectivity index (χ4n) is 2.10. The minimum absolute atomic E-state index is 0.255. The minimum Gasteiger partial charge on any atom is -0.497 e. The lowest BCUT2D eigenvalue weighted by Gasteiger charge is -2.15. The molecule has 0 saturated carbocycles. The van der Waals surface area contributed by atoms with E-state index in [0.717, 1.165) is 11.3 Å². The Bertz CT molecular complexity index is 730. The van der Waals surface area contributed by atoms with Gasteiger partial charge in [-0.3, -0.25) is 9.59 Å². The lowest BCUT2D eigenvalue weighted by atomic mass is 10.1. The monoisotopic (exact) mass is 328 g/mol. The summed E-state index contributed by atoms with van der Waals surface area (Å²) in [4.78, 5) is 23.6. The summed E-state index contributed by atoms with van der Waals surface area (Å²) in [5, 5.41) is 2.66. The average molecular weight is 328 g/mol. The van der Waals surface area contributed by atoms with Crippen molar-refractivity contribution in [3.63, 3.8) is 0 Å². The summed E-state index contributed by atoms with van der Waals surface area (Å²) in [6, 6.07) is 14.0. The van der Waals surface area contributed by atoms with Crippen molar-refractivity contribution in [3.05, 3.63) is 59.7 Å². The molecule has 0 saturated heterocycles. The molecular formula is C18H20N2O4. The van der Waals surface area contributed by atoms with E-state index in [1.54, 1.807) is 38.3 Å². The Hall–Kier alpha value is -2.86. The number of para-hydroxylation sites is 1. The van der Waals surface area contributed by atoms with Gasteiger partial charge in [0.2, 0.25) is 0 Å². The van der Waals surface area contributed by atoms with Crippen LogP contribution in [0.2, 0.25) is 0 Å². The van der Waals surface area contributed by atoms with Crippen LogP contribution < -0.4 is 15.8 Å². The van der Waals surface area contributed by atoms with Gasteiger partial charge >= 0.3 is 0 Å². The van der Waals surface area contributed by atoms with Crippen molar-refractivity contribution in [1.29, 1.82) is 0 Å². The van der Waals surface area contributed by atoms with E-state index in [1.165, 1.54) is 0 Å². The zero-order chi connectivity index (χ0) is 17.5. The van der Waals surface area contributed by atoms with Crippen LogP contribution in [0.4, 0.5) is 5.69 Å². The third kappa shape index (κ3) is 4.57. The van der Waals surface area contributed by atoms with Gasteiger partial charge in [-0.15, -0.1) is 0 Å². The molecule has 0 aromatic heterocycles. The molecule has 6 heteroatoms. The molecule has 3 N–H and O–H groups in total. The molecule has 0 fully saturated rings. The fourth-order valence-corrected chi connectivity index (χ4v) is 2.10. The Labute approximate surface area is 140 Å². The highest BCUT2D eigenvalue weighted by atomic mass is 16.5. The molecule has 1 unspecified atom stereocenters. The first kappa shape index (κ1) is 17.5. The SMILES string of the molecule is COc1cccc(COC(C)C(=O)Nc2ccccc2C(N)=O)c1. The Morgan fingerprint density at radius 1 is 1.17 bits per heavy atom. The van der Waals surface area contributed by atoms with Gasteiger partial charge in [0.05, 0.1) is 25.0 Å². The van der Waals surface area contributed by atoms with Crippen LogP contribution >= 0.6 is 0 Å². The van der Waals surface area contributed by atoms with Crippen molar-refractivity contribution < 1.29 is 19.1 Å². The van der Waals surface area contributed by atoms with E-state index in [2.05, 4.69) is 5.32 Å². The van der Waals surface area contributed by atoms with E-state index in [0.29, 0.717) is 5.69 Å². The average Bonchev–Trinajstić information content (AvgIpc) is 2.60. The number of anilines is 1. The number of nitrogens with two attached hydrogens (primary N) is 1. The number of carbonyl (C=O) groups excluding carboxylic acids is 2. The number of ether oxygens (including phenoxy) is 2. The number of carbonyl (C=O) groups is 2. The molecule has 0 heterocycles. The molecule has 0 spiro atoms. The van der Waals surface area contributed by atoms with Crippen molar-refractivity contribution in [2.24, 2.45) is 5.73 Å². The van der Waals surface area contributed by atoms with Crippen molar-refractivity contribution in [2.75, 3.05) is 12.4 Å². The number of amides is 2. The van der Waals surface area contributed by atoms with Gasteiger partial charge in [-0.1, -0.05) is 24.3 Å². The highest BCUT2D eigenvalue weighted by molar-refractivity contribution is 6.03. The van der Waals surface area contributed by atoms with E-state index in [1.807, 2.05) is 24.3 Å². The molecule has 2 amide bonds. The number of methoxy groups -OCH3 is 1. The van der Waals surface area contributed by atoms with E-state index >= 15 is 0 Å². The number of benzene rings is 2. The molecule has 2 aromatic rings. The summed E-state index contributed by atoms with van der Waals surface area (Å²) < 4.78 is 10.7. The lowest BCUT2D eigenvalue weighted by Crippen LogP contribution is -2.28. The summed E-state index contributed by atoms with van der Waals surface area (Å²) in [5.41, 5.74) is 6.81. The van der Waals surface area contributed by atoms with Gasteiger partial charge < -0.3 is 20.5 Å². The van der Waals surface area contributed by atoms with E-state index < -0.39 is 12.0 Å². The molecule has 2 aromatic carbocycles. The van der Waals surface area contributed by atoms with Crippen LogP contribution in [-0.4, -0.2) is 25.0 Å². The van der Waals surface area contributed by atoms with Crippen LogP contribution in [0.15, 0.2) is 48.5 Å². The van der Waals surface area contributed by atoms with Crippen molar-refractivity contribution in [1.82, 2.24) is 0 Å². The van der Waals surface area contributed by atoms with Crippen LogP contribution in [0.5, 0.6) is 5.75 Å². The first-order valence-electron chi connectivity index (χ1n) is 7.45. The molecule has 0 bridgehead atoms. The minimum atomic E-state index is -0.697. The third-order valence-electron chi connectivity index (χ3n) is 3.45. The molecule has 24 heavy (non-hydrogen) atoms. The standard InChI is InChI=1S/C18H20N2O4/c1-12(24-11-13-6-5-7-14(10-13)23-2)18(22)20-16-9-4-3-8-15(16)17(19)21/h3-10,12H,11H2,1-2H3,(H2,19,21)(H,20,22). The van der Waals surface area contributed by atoms with Gasteiger partial charge in [-0.05, 0) is 36.8 Å². The van der Waals surface area contributed by atoms with E-state index in [9.17, 15) is 9.59 Å². The molecule has 0 aliphatic carbocycles. The smallest absolute Gasteiger partial charge is 0.253 e. The molecule has 0 aliphatic rings. The van der Waals surface area contributed by atoms with Crippen molar-refractivity contribution in [3.8, 4) is 5.75 Å². The maximum atomic E-state index is 12.2. The number of rotatable bonds is 7. The molecule has 126 valence electrons. The Kier molecular flexibility index (Phi) is 5.92. The second-order valence-electron chi connectivity index (χ2n) is 5.20. The molecule has 0 radical (unpaired) electrons. The summed E-state index contributed by atoms with van der Waals surface area (Å²) in [7, 11) is 1.59. The summed E-state index contributed by atoms with van der Waals surface area (Å²) in [6.07, 6.45) is -0.697. The van der Waals surface area contributed by atoms with Crippen LogP contribution in [0.3, 0.4) is 0 Å². The van der Waals surface area contributed by atoms with Crippen molar-refractivity contribution >= 4 is 17.5 Å². The Balaban J connectivity index is 1.96. The molecule has 1 atom stereocenters. The molecule has 2 rings (SSSR count). The number of primary amides is 1. The number of hydrogen-bond acceptors (Lipinski definition) is 4. The van der Waals surface area contributed by atoms with Crippen LogP contribution in [-0.2, 0) is 16.1 Å². The maximum Gasteiger partial charge on any atom is 0.253 e. The Morgan fingerprint density at radius 3 is 2.62 bits per heavy atom. The normalized spacial score (nSPS) is 11.6. The number of hydrogen-bond donors (Lipinski definition) is 2. The molecule has 0 aliphatic heterocycles. The quantitative estimate of drug-likeness (QED) is 0.816. The van der Waals surface area contributed by atoms with Gasteiger partial charge in [0, 0.05) is 0 Å². The molecule has 6 nitrogen and oxygen atoms in total. The highest BCUT2D eigenvalue weighted by Crippen LogP contribution is 2.16. The predicted octanol–water partition coefficient (Wildman–Crippen LogP) is 2.34. The number of nitrogens with one attached hydrogen (secondary N) is 1. The largest absolute Gasteiger partial charge is 0.497 e. The lowest BCUT2D eigenvalue weighted by molar-refractivity contribution is -0.127. The summed E-state index contributed by atoms with van der Waals surface area (Å²) in [6.45, 7) is 1.91. The van der Waals surface area contributed by atoms with Crippen LogP contribution in [0.1, 0.15) is 22.8 Å². The fraction of sp³-hybridized carbons (Fsp3) is 0.222. The first-order chi connectivity index (χ1) is 11.5. The van der Waals surface area contributed by atoms with Crippen molar-refractivity contribution in [2.45, 2.75) is 19.6 Å². The van der Waals surface area contributed by atoms with E-state index in [-0.39, 0.29) is 18.1 Å². The zero-order valence-corrected chi connectivity index (χ0v) is 13.6. The zero-order valence-electron chi connectivity index (χ0n) is 13.6. The van der Waals surface area contributed by atoms with Crippen LogP contribution in [0, 0.1) is 0 Å². The summed E-state index contributed by atoms with van der Waals surface area (Å²) in [5.74, 6) is -0.231. The topological polar surface area (TPSA) is 90.7 Å². The highest BCUT2D eigenvalue weighted by Gasteiger charge is 2.16.